The first kappa shape index (κ1) is 36.6. The number of hydrogen-bond acceptors (Lipinski definition) is 8. The van der Waals surface area contributed by atoms with Crippen LogP contribution < -0.4 is 27.6 Å². The number of hydrogen-bond donors (Lipinski definition) is 0. The van der Waals surface area contributed by atoms with Crippen molar-refractivity contribution >= 4 is 15.2 Å². The molecule has 0 fully saturated rings. The Balaban J connectivity index is 1.54. The summed E-state index contributed by atoms with van der Waals surface area (Å²) in [5.74, 6) is 2.04. The van der Waals surface area contributed by atoms with E-state index in [0.29, 0.717) is 28.7 Å². The largest absolute Gasteiger partial charge is 0.475 e. The highest BCUT2D eigenvalue weighted by Crippen LogP contribution is 2.53. The zero-order valence-electron chi connectivity index (χ0n) is 29.3. The molecule has 0 atom stereocenters. The van der Waals surface area contributed by atoms with Crippen molar-refractivity contribution in [1.29, 1.82) is 0 Å². The van der Waals surface area contributed by atoms with Crippen LogP contribution >= 0.6 is 15.2 Å². The van der Waals surface area contributed by atoms with Crippen LogP contribution in [0, 0.1) is 0 Å². The van der Waals surface area contributed by atoms with Crippen LogP contribution in [-0.4, -0.2) is 12.7 Å². The molecule has 0 unspecified atom stereocenters. The summed E-state index contributed by atoms with van der Waals surface area (Å²) in [4.78, 5) is 0. The van der Waals surface area contributed by atoms with Gasteiger partial charge < -0.3 is 27.6 Å². The predicted octanol–water partition coefficient (Wildman–Crippen LogP) is 11.7. The van der Waals surface area contributed by atoms with Crippen LogP contribution in [0.15, 0.2) is 133 Å². The quantitative estimate of drug-likeness (QED) is 0.105. The predicted molar refractivity (Wildman–Crippen MR) is 198 cm³/mol. The Morgan fingerprint density at radius 3 is 1.12 bits per heavy atom. The Kier molecular flexibility index (Phi) is 11.4. The molecule has 0 heterocycles. The fourth-order valence-corrected chi connectivity index (χ4v) is 7.49. The highest BCUT2D eigenvalue weighted by atomic mass is 31.2. The Labute approximate surface area is 295 Å². The van der Waals surface area contributed by atoms with Gasteiger partial charge in [0.25, 0.3) is 0 Å². The molecular weight excluding hydrogens is 670 g/mol. The number of ether oxygens (including phenoxy) is 2. The summed E-state index contributed by atoms with van der Waals surface area (Å²) in [6.45, 7) is 12.4. The van der Waals surface area contributed by atoms with E-state index in [1.807, 2.05) is 51.1 Å². The average Bonchev–Trinajstić information content (AvgIpc) is 3.07. The van der Waals surface area contributed by atoms with Gasteiger partial charge in [-0.3, -0.25) is 0 Å². The minimum absolute atomic E-state index is 0.280. The lowest BCUT2D eigenvalue weighted by Gasteiger charge is -2.30. The van der Waals surface area contributed by atoms with Gasteiger partial charge in [-0.25, -0.2) is 9.13 Å². The number of benzene rings is 5. The van der Waals surface area contributed by atoms with Gasteiger partial charge in [-0.05, 0) is 71.0 Å². The second-order valence-corrected chi connectivity index (χ2v) is 17.4. The van der Waals surface area contributed by atoms with Crippen LogP contribution in [0.4, 0.5) is 0 Å². The topological polar surface area (TPSA) is 89.5 Å². The van der Waals surface area contributed by atoms with Gasteiger partial charge in [0.2, 0.25) is 12.7 Å². The van der Waals surface area contributed by atoms with Crippen molar-refractivity contribution in [3.63, 3.8) is 0 Å². The van der Waals surface area contributed by atoms with Gasteiger partial charge in [0, 0.05) is 5.56 Å². The summed E-state index contributed by atoms with van der Waals surface area (Å²) in [6.07, 6.45) is -0.910. The van der Waals surface area contributed by atoms with Crippen LogP contribution in [-0.2, 0) is 20.0 Å². The van der Waals surface area contributed by atoms with Gasteiger partial charge in [0.05, 0.1) is 0 Å². The molecule has 0 saturated carbocycles. The second-order valence-electron chi connectivity index (χ2n) is 13.7. The maximum atomic E-state index is 14.5. The van der Waals surface area contributed by atoms with Crippen molar-refractivity contribution in [2.24, 2.45) is 0 Å². The lowest BCUT2D eigenvalue weighted by molar-refractivity contribution is 0.273. The Morgan fingerprint density at radius 2 is 0.800 bits per heavy atom. The molecule has 0 aromatic heterocycles. The van der Waals surface area contributed by atoms with E-state index in [1.54, 1.807) is 97.1 Å². The van der Waals surface area contributed by atoms with Gasteiger partial charge in [0.15, 0.2) is 11.5 Å². The average molecular weight is 715 g/mol. The van der Waals surface area contributed by atoms with Crippen molar-refractivity contribution in [3.05, 3.63) is 145 Å². The first-order chi connectivity index (χ1) is 23.7. The third-order valence-corrected chi connectivity index (χ3v) is 10.3. The molecular formula is C40H44O8P2. The monoisotopic (exact) mass is 714 g/mol. The molecule has 5 rings (SSSR count). The Morgan fingerprint density at radius 1 is 0.460 bits per heavy atom. The molecule has 0 aliphatic rings. The molecule has 5 aromatic carbocycles. The minimum atomic E-state index is -3.99. The maximum absolute atomic E-state index is 14.5. The summed E-state index contributed by atoms with van der Waals surface area (Å²) in [5, 5.41) is 0. The lowest BCUT2D eigenvalue weighted by Crippen LogP contribution is -2.20. The van der Waals surface area contributed by atoms with Crippen LogP contribution in [0.5, 0.6) is 34.5 Å². The molecule has 0 radical (unpaired) electrons. The van der Waals surface area contributed by atoms with Crippen molar-refractivity contribution in [1.82, 2.24) is 0 Å². The lowest BCUT2D eigenvalue weighted by atomic mass is 9.80. The van der Waals surface area contributed by atoms with Crippen LogP contribution in [0.1, 0.15) is 52.7 Å². The minimum Gasteiger partial charge on any atom is -0.475 e. The fourth-order valence-electron chi connectivity index (χ4n) is 4.85. The Hall–Kier alpha value is -4.64. The Bertz CT molecular complexity index is 1830. The van der Waals surface area contributed by atoms with E-state index in [4.69, 9.17) is 27.6 Å². The van der Waals surface area contributed by atoms with Crippen molar-refractivity contribution in [2.75, 3.05) is 12.7 Å². The molecule has 5 aromatic rings. The zero-order valence-corrected chi connectivity index (χ0v) is 31.1. The summed E-state index contributed by atoms with van der Waals surface area (Å²) in [6, 6.07) is 39.1. The molecule has 8 nitrogen and oxygen atoms in total. The van der Waals surface area contributed by atoms with E-state index in [2.05, 4.69) is 26.8 Å². The summed E-state index contributed by atoms with van der Waals surface area (Å²) in [5.41, 5.74) is 0.999. The summed E-state index contributed by atoms with van der Waals surface area (Å²) < 4.78 is 65.7. The molecule has 0 aliphatic carbocycles. The molecule has 0 aliphatic heterocycles. The van der Waals surface area contributed by atoms with Gasteiger partial charge >= 0.3 is 15.2 Å². The van der Waals surface area contributed by atoms with Crippen molar-refractivity contribution in [3.8, 4) is 34.5 Å². The second kappa shape index (κ2) is 15.5. The first-order valence-electron chi connectivity index (χ1n) is 16.3. The van der Waals surface area contributed by atoms with Crippen LogP contribution in [0.3, 0.4) is 0 Å². The van der Waals surface area contributed by atoms with E-state index >= 15 is 0 Å². The van der Waals surface area contributed by atoms with Gasteiger partial charge in [-0.1, -0.05) is 120 Å². The highest BCUT2D eigenvalue weighted by molar-refractivity contribution is 7.54. The third kappa shape index (κ3) is 10.2. The maximum Gasteiger partial charge on any atom is 0.468 e. The molecule has 10 heteroatoms. The van der Waals surface area contributed by atoms with Gasteiger partial charge in [0.1, 0.15) is 23.0 Å². The number of para-hydroxylation sites is 4. The smallest absolute Gasteiger partial charge is 0.468 e. The molecule has 50 heavy (non-hydrogen) atoms. The number of rotatable bonds is 14. The van der Waals surface area contributed by atoms with E-state index < -0.39 is 33.3 Å². The van der Waals surface area contributed by atoms with E-state index in [1.165, 1.54) is 0 Å². The molecule has 0 bridgehead atoms. The fraction of sp³-hybridized carbons (Fsp3) is 0.250. The van der Waals surface area contributed by atoms with Crippen molar-refractivity contribution in [2.45, 2.75) is 52.4 Å². The molecule has 0 saturated heterocycles. The third-order valence-electron chi connectivity index (χ3n) is 7.42. The van der Waals surface area contributed by atoms with Crippen molar-refractivity contribution < 1.29 is 36.7 Å². The van der Waals surface area contributed by atoms with Crippen LogP contribution in [0.25, 0.3) is 0 Å². The van der Waals surface area contributed by atoms with Gasteiger partial charge in [-0.2, -0.15) is 0 Å². The SMILES string of the molecule is CC(C)(C)c1cc(OCP(=O)(Oc2ccccc2)Oc2ccccc2)c(OCP(=O)(Oc2ccccc2)Oc2ccccc2)c(C(C)(C)C)c1. The van der Waals surface area contributed by atoms with E-state index in [-0.39, 0.29) is 11.2 Å². The summed E-state index contributed by atoms with van der Waals surface area (Å²) in [7, 11) is -7.98. The molecule has 262 valence electrons. The molecule has 0 amide bonds. The normalized spacial score (nSPS) is 12.1. The first-order valence-corrected chi connectivity index (χ1v) is 19.8. The molecule has 0 spiro atoms. The van der Waals surface area contributed by atoms with Crippen LogP contribution in [0.2, 0.25) is 0 Å². The van der Waals surface area contributed by atoms with E-state index in [9.17, 15) is 9.13 Å². The van der Waals surface area contributed by atoms with Gasteiger partial charge in [-0.15, -0.1) is 0 Å². The summed E-state index contributed by atoms with van der Waals surface area (Å²) >= 11 is 0. The highest BCUT2D eigenvalue weighted by Gasteiger charge is 2.35. The van der Waals surface area contributed by atoms with E-state index in [0.717, 1.165) is 11.1 Å². The molecule has 0 N–H and O–H groups in total. The zero-order chi connectivity index (χ0) is 35.8. The standard InChI is InChI=1S/C40H44O8P2/c1-39(2,3)31-27-36(40(4,5)6)38(44-30-50(42,47-34-23-15-9-16-24-34)48-35-25-17-10-18-26-35)37(28-31)43-29-49(41,45-32-19-11-7-12-20-32)46-33-21-13-8-14-22-33/h7-28H,29-30H2,1-6H3.